The van der Waals surface area contributed by atoms with Gasteiger partial charge in [-0.25, -0.2) is 0 Å². The Morgan fingerprint density at radius 3 is 2.57 bits per heavy atom. The van der Waals surface area contributed by atoms with Gasteiger partial charge in [-0.2, -0.15) is 0 Å². The van der Waals surface area contributed by atoms with Crippen LogP contribution >= 0.6 is 0 Å². The van der Waals surface area contributed by atoms with Gasteiger partial charge in [-0.1, -0.05) is 20.8 Å². The molecular formula is C17H30N2O2. The van der Waals surface area contributed by atoms with Crippen molar-refractivity contribution in [1.82, 2.24) is 5.32 Å². The highest BCUT2D eigenvalue weighted by atomic mass is 16.5. The van der Waals surface area contributed by atoms with Crippen LogP contribution < -0.4 is 11.1 Å². The Kier molecular flexibility index (Phi) is 4.04. The van der Waals surface area contributed by atoms with Gasteiger partial charge in [-0.05, 0) is 49.4 Å². The van der Waals surface area contributed by atoms with Crippen LogP contribution in [0.1, 0.15) is 52.9 Å². The lowest BCUT2D eigenvalue weighted by molar-refractivity contribution is -0.133. The molecule has 2 saturated carbocycles. The van der Waals surface area contributed by atoms with Gasteiger partial charge in [0.15, 0.2) is 0 Å². The van der Waals surface area contributed by atoms with Crippen molar-refractivity contribution in [3.05, 3.63) is 0 Å². The van der Waals surface area contributed by atoms with Crippen molar-refractivity contribution in [1.29, 1.82) is 0 Å². The molecule has 4 heteroatoms. The van der Waals surface area contributed by atoms with E-state index in [0.717, 1.165) is 25.9 Å². The van der Waals surface area contributed by atoms with E-state index in [1.807, 2.05) is 0 Å². The quantitative estimate of drug-likeness (QED) is 0.837. The first-order valence-corrected chi connectivity index (χ1v) is 8.59. The zero-order valence-corrected chi connectivity index (χ0v) is 13.6. The van der Waals surface area contributed by atoms with E-state index in [0.29, 0.717) is 11.8 Å². The molecule has 120 valence electrons. The predicted molar refractivity (Wildman–Crippen MR) is 82.7 cm³/mol. The molecule has 0 aromatic carbocycles. The predicted octanol–water partition coefficient (Wildman–Crippen LogP) is 2.07. The Hall–Kier alpha value is -0.610. The Bertz CT molecular complexity index is 406. The number of carbonyl (C=O) groups excluding carboxylic acids is 1. The molecular weight excluding hydrogens is 264 g/mol. The number of hydrogen-bond acceptors (Lipinski definition) is 3. The van der Waals surface area contributed by atoms with Gasteiger partial charge in [0.05, 0.1) is 12.1 Å². The molecule has 21 heavy (non-hydrogen) atoms. The summed E-state index contributed by atoms with van der Waals surface area (Å²) in [4.78, 5) is 12.8. The Morgan fingerprint density at radius 2 is 1.90 bits per heavy atom. The van der Waals surface area contributed by atoms with E-state index in [-0.39, 0.29) is 35.4 Å². The average molecular weight is 294 g/mol. The molecule has 0 aromatic heterocycles. The molecule has 5 unspecified atom stereocenters. The summed E-state index contributed by atoms with van der Waals surface area (Å²) in [7, 11) is 0. The molecule has 4 nitrogen and oxygen atoms in total. The molecule has 1 heterocycles. The maximum absolute atomic E-state index is 12.8. The first kappa shape index (κ1) is 15.3. The molecule has 5 atom stereocenters. The van der Waals surface area contributed by atoms with Crippen LogP contribution in [-0.2, 0) is 9.53 Å². The van der Waals surface area contributed by atoms with E-state index in [2.05, 4.69) is 26.1 Å². The largest absolute Gasteiger partial charge is 0.376 e. The number of rotatable bonds is 3. The summed E-state index contributed by atoms with van der Waals surface area (Å²) < 4.78 is 5.83. The number of nitrogens with one attached hydrogen (secondary N) is 1. The maximum atomic E-state index is 12.8. The van der Waals surface area contributed by atoms with Crippen molar-refractivity contribution in [3.63, 3.8) is 0 Å². The van der Waals surface area contributed by atoms with Gasteiger partial charge in [-0.15, -0.1) is 0 Å². The fourth-order valence-corrected chi connectivity index (χ4v) is 4.26. The Morgan fingerprint density at radius 1 is 1.19 bits per heavy atom. The fraction of sp³-hybridized carbons (Fsp3) is 0.941. The van der Waals surface area contributed by atoms with Gasteiger partial charge < -0.3 is 15.8 Å². The lowest BCUT2D eigenvalue weighted by atomic mass is 9.61. The maximum Gasteiger partial charge on any atom is 0.223 e. The van der Waals surface area contributed by atoms with Crippen LogP contribution in [0.25, 0.3) is 0 Å². The molecule has 0 spiro atoms. The van der Waals surface area contributed by atoms with E-state index in [4.69, 9.17) is 10.5 Å². The smallest absolute Gasteiger partial charge is 0.223 e. The minimum absolute atomic E-state index is 0.0315. The Balaban J connectivity index is 1.64. The van der Waals surface area contributed by atoms with Crippen LogP contribution in [-0.4, -0.2) is 30.7 Å². The second-order valence-corrected chi connectivity index (χ2v) is 7.98. The van der Waals surface area contributed by atoms with E-state index in [1.54, 1.807) is 0 Å². The molecule has 0 radical (unpaired) electrons. The number of nitrogens with two attached hydrogens (primary N) is 1. The number of carbonyl (C=O) groups is 1. The molecule has 1 saturated heterocycles. The third kappa shape index (κ3) is 2.85. The summed E-state index contributed by atoms with van der Waals surface area (Å²) in [5.41, 5.74) is 6.17. The summed E-state index contributed by atoms with van der Waals surface area (Å²) in [5.74, 6) is 1.36. The van der Waals surface area contributed by atoms with Crippen LogP contribution in [0.15, 0.2) is 0 Å². The van der Waals surface area contributed by atoms with E-state index < -0.39 is 0 Å². The minimum atomic E-state index is -0.0315. The zero-order valence-electron chi connectivity index (χ0n) is 13.6. The summed E-state index contributed by atoms with van der Waals surface area (Å²) in [6.45, 7) is 7.38. The van der Waals surface area contributed by atoms with E-state index in [1.165, 1.54) is 12.8 Å². The summed E-state index contributed by atoms with van der Waals surface area (Å²) in [6.07, 6.45) is 5.62. The third-order valence-electron chi connectivity index (χ3n) is 6.37. The van der Waals surface area contributed by atoms with Gasteiger partial charge in [0, 0.05) is 18.6 Å². The van der Waals surface area contributed by atoms with Crippen LogP contribution in [0.3, 0.4) is 0 Å². The van der Waals surface area contributed by atoms with E-state index in [9.17, 15) is 4.79 Å². The van der Waals surface area contributed by atoms with Crippen molar-refractivity contribution in [3.8, 4) is 0 Å². The van der Waals surface area contributed by atoms with Crippen molar-refractivity contribution in [2.24, 2.45) is 28.9 Å². The molecule has 3 fully saturated rings. The van der Waals surface area contributed by atoms with Crippen LogP contribution in [0, 0.1) is 23.2 Å². The van der Waals surface area contributed by atoms with Crippen molar-refractivity contribution < 1.29 is 9.53 Å². The SMILES string of the molecule is CC1C(N)CCC(C(=O)NC2CCOC2C2CC2)C1(C)C. The second kappa shape index (κ2) is 5.54. The third-order valence-corrected chi connectivity index (χ3v) is 6.37. The molecule has 3 rings (SSSR count). The first-order valence-electron chi connectivity index (χ1n) is 8.59. The van der Waals surface area contributed by atoms with Gasteiger partial charge in [0.25, 0.3) is 0 Å². The number of amides is 1. The van der Waals surface area contributed by atoms with Gasteiger partial charge in [0.2, 0.25) is 5.91 Å². The normalized spacial score (nSPS) is 42.8. The molecule has 3 aliphatic rings. The Labute approximate surface area is 128 Å². The summed E-state index contributed by atoms with van der Waals surface area (Å²) in [6, 6.07) is 0.449. The molecule has 1 aliphatic heterocycles. The number of hydrogen-bond donors (Lipinski definition) is 2. The highest BCUT2D eigenvalue weighted by Crippen LogP contribution is 2.45. The standard InChI is InChI=1S/C17H30N2O2/c1-10-13(18)7-6-12(17(10,2)3)16(20)19-14-8-9-21-15(14)11-4-5-11/h10-15H,4-9,18H2,1-3H3,(H,19,20). The molecule has 2 aliphatic carbocycles. The van der Waals surface area contributed by atoms with Gasteiger partial charge in [0.1, 0.15) is 0 Å². The summed E-state index contributed by atoms with van der Waals surface area (Å²) in [5, 5.41) is 3.31. The van der Waals surface area contributed by atoms with Gasteiger partial charge >= 0.3 is 0 Å². The first-order chi connectivity index (χ1) is 9.91. The van der Waals surface area contributed by atoms with Crippen molar-refractivity contribution in [2.75, 3.05) is 6.61 Å². The van der Waals surface area contributed by atoms with Gasteiger partial charge in [-0.3, -0.25) is 4.79 Å². The monoisotopic (exact) mass is 294 g/mol. The van der Waals surface area contributed by atoms with E-state index >= 15 is 0 Å². The molecule has 1 amide bonds. The molecule has 3 N–H and O–H groups in total. The van der Waals surface area contributed by atoms with Crippen molar-refractivity contribution >= 4 is 5.91 Å². The number of ether oxygens (including phenoxy) is 1. The van der Waals surface area contributed by atoms with Crippen LogP contribution in [0.4, 0.5) is 0 Å². The van der Waals surface area contributed by atoms with Crippen LogP contribution in [0.5, 0.6) is 0 Å². The topological polar surface area (TPSA) is 64.4 Å². The zero-order chi connectivity index (χ0) is 15.2. The average Bonchev–Trinajstić information content (AvgIpc) is 3.17. The van der Waals surface area contributed by atoms with Crippen LogP contribution in [0.2, 0.25) is 0 Å². The molecule has 0 bridgehead atoms. The molecule has 0 aromatic rings. The lowest BCUT2D eigenvalue weighted by Crippen LogP contribution is -2.54. The second-order valence-electron chi connectivity index (χ2n) is 7.98. The lowest BCUT2D eigenvalue weighted by Gasteiger charge is -2.46. The fourth-order valence-electron chi connectivity index (χ4n) is 4.26. The summed E-state index contributed by atoms with van der Waals surface area (Å²) >= 11 is 0. The minimum Gasteiger partial charge on any atom is -0.376 e. The highest BCUT2D eigenvalue weighted by molar-refractivity contribution is 5.80. The highest BCUT2D eigenvalue weighted by Gasteiger charge is 2.47. The van der Waals surface area contributed by atoms with Crippen molar-refractivity contribution in [2.45, 2.75) is 71.1 Å².